The highest BCUT2D eigenvalue weighted by molar-refractivity contribution is 7.14. The largest absolute Gasteiger partial charge is 0.479 e. The molecule has 0 radical (unpaired) electrons. The molecule has 1 aromatic heterocycles. The third-order valence-corrected chi connectivity index (χ3v) is 4.12. The maximum Gasteiger partial charge on any atom is 0.331 e. The van der Waals surface area contributed by atoms with Gasteiger partial charge in [0.15, 0.2) is 6.04 Å². The molecule has 1 unspecified atom stereocenters. The van der Waals surface area contributed by atoms with Gasteiger partial charge in [0.2, 0.25) is 0 Å². The molecule has 2 aromatic rings. The molecule has 3 N–H and O–H groups in total. The molecule has 0 saturated heterocycles. The van der Waals surface area contributed by atoms with Gasteiger partial charge in [0, 0.05) is 5.38 Å². The van der Waals surface area contributed by atoms with E-state index in [-0.39, 0.29) is 16.1 Å². The Labute approximate surface area is 123 Å². The SMILES string of the molecule is Nc1scc2c1C(=O)N(C(C(=O)O)c1ccccc1)C2=O. The Morgan fingerprint density at radius 3 is 2.43 bits per heavy atom. The molecule has 0 fully saturated rings. The molecule has 6 nitrogen and oxygen atoms in total. The van der Waals surface area contributed by atoms with Crippen molar-refractivity contribution >= 4 is 34.1 Å². The maximum atomic E-state index is 12.4. The van der Waals surface area contributed by atoms with Crippen molar-refractivity contribution in [3.63, 3.8) is 0 Å². The topological polar surface area (TPSA) is 101 Å². The van der Waals surface area contributed by atoms with E-state index in [4.69, 9.17) is 5.73 Å². The summed E-state index contributed by atoms with van der Waals surface area (Å²) in [7, 11) is 0. The molecule has 2 amide bonds. The Bertz CT molecular complexity index is 754. The fourth-order valence-corrected chi connectivity index (χ4v) is 3.14. The number of hydrogen-bond acceptors (Lipinski definition) is 5. The van der Waals surface area contributed by atoms with Crippen molar-refractivity contribution in [3.8, 4) is 0 Å². The number of fused-ring (bicyclic) bond motifs is 1. The number of nitrogen functional groups attached to an aromatic ring is 1. The van der Waals surface area contributed by atoms with Gasteiger partial charge >= 0.3 is 5.97 Å². The lowest BCUT2D eigenvalue weighted by Gasteiger charge is -2.23. The highest BCUT2D eigenvalue weighted by Gasteiger charge is 2.45. The lowest BCUT2D eigenvalue weighted by atomic mass is 10.1. The Hall–Kier alpha value is -2.67. The van der Waals surface area contributed by atoms with Gasteiger partial charge < -0.3 is 10.8 Å². The number of nitrogens with zero attached hydrogens (tertiary/aromatic N) is 1. The number of nitrogens with two attached hydrogens (primary N) is 1. The van der Waals surface area contributed by atoms with Crippen molar-refractivity contribution in [2.75, 3.05) is 5.73 Å². The summed E-state index contributed by atoms with van der Waals surface area (Å²) in [6, 6.07) is 6.80. The number of carboxylic acid groups (broad SMARTS) is 1. The van der Waals surface area contributed by atoms with E-state index >= 15 is 0 Å². The van der Waals surface area contributed by atoms with Gasteiger partial charge in [-0.25, -0.2) is 4.79 Å². The summed E-state index contributed by atoms with van der Waals surface area (Å²) in [5.41, 5.74) is 6.33. The Balaban J connectivity index is 2.09. The zero-order valence-corrected chi connectivity index (χ0v) is 11.5. The van der Waals surface area contributed by atoms with Crippen LogP contribution < -0.4 is 5.73 Å². The van der Waals surface area contributed by atoms with Crippen LogP contribution in [0.5, 0.6) is 0 Å². The predicted octanol–water partition coefficient (Wildman–Crippen LogP) is 1.75. The average Bonchev–Trinajstić information content (AvgIpc) is 2.95. The summed E-state index contributed by atoms with van der Waals surface area (Å²) in [5.74, 6) is -2.56. The molecule has 21 heavy (non-hydrogen) atoms. The lowest BCUT2D eigenvalue weighted by molar-refractivity contribution is -0.141. The van der Waals surface area contributed by atoms with Crippen LogP contribution in [0.2, 0.25) is 0 Å². The van der Waals surface area contributed by atoms with E-state index in [0.717, 1.165) is 16.2 Å². The molecule has 1 aliphatic rings. The zero-order valence-electron chi connectivity index (χ0n) is 10.6. The maximum absolute atomic E-state index is 12.4. The number of imide groups is 1. The third-order valence-electron chi connectivity index (χ3n) is 3.31. The van der Waals surface area contributed by atoms with Crippen molar-refractivity contribution in [1.82, 2.24) is 4.90 Å². The van der Waals surface area contributed by atoms with E-state index in [0.29, 0.717) is 5.56 Å². The minimum Gasteiger partial charge on any atom is -0.479 e. The quantitative estimate of drug-likeness (QED) is 0.841. The number of rotatable bonds is 3. The van der Waals surface area contributed by atoms with Gasteiger partial charge in [-0.15, -0.1) is 11.3 Å². The molecular weight excluding hydrogens is 292 g/mol. The number of benzene rings is 1. The molecular formula is C14H10N2O4S. The van der Waals surface area contributed by atoms with Crippen LogP contribution in [0.4, 0.5) is 5.00 Å². The zero-order chi connectivity index (χ0) is 15.1. The number of thiophene rings is 1. The van der Waals surface area contributed by atoms with Crippen LogP contribution in [0.1, 0.15) is 32.3 Å². The number of carbonyl (C=O) groups excluding carboxylic acids is 2. The second kappa shape index (κ2) is 4.71. The third kappa shape index (κ3) is 1.90. The average molecular weight is 302 g/mol. The van der Waals surface area contributed by atoms with Crippen molar-refractivity contribution in [2.24, 2.45) is 0 Å². The fourth-order valence-electron chi connectivity index (χ4n) is 2.37. The standard InChI is InChI=1S/C14H10N2O4S/c15-11-9-8(6-21-11)12(17)16(13(9)18)10(14(19)20)7-4-2-1-3-5-7/h1-6,10H,15H2,(H,19,20). The van der Waals surface area contributed by atoms with Gasteiger partial charge in [0.25, 0.3) is 11.8 Å². The van der Waals surface area contributed by atoms with Gasteiger partial charge in [-0.3, -0.25) is 14.5 Å². The summed E-state index contributed by atoms with van der Waals surface area (Å²) in [6.07, 6.45) is 0. The van der Waals surface area contributed by atoms with Crippen LogP contribution in [0.25, 0.3) is 0 Å². The Morgan fingerprint density at radius 2 is 1.86 bits per heavy atom. The van der Waals surface area contributed by atoms with E-state index in [2.05, 4.69) is 0 Å². The number of hydrogen-bond donors (Lipinski definition) is 2. The molecule has 1 atom stereocenters. The molecule has 7 heteroatoms. The summed E-state index contributed by atoms with van der Waals surface area (Å²) in [4.78, 5) is 37.0. The van der Waals surface area contributed by atoms with Gasteiger partial charge in [0.05, 0.1) is 16.1 Å². The minimum atomic E-state index is -1.36. The first kappa shape index (κ1) is 13.3. The van der Waals surface area contributed by atoms with Crippen LogP contribution in [-0.2, 0) is 4.79 Å². The minimum absolute atomic E-state index is 0.104. The van der Waals surface area contributed by atoms with Crippen molar-refractivity contribution in [1.29, 1.82) is 0 Å². The first-order valence-electron chi connectivity index (χ1n) is 6.05. The number of carboxylic acids is 1. The monoisotopic (exact) mass is 302 g/mol. The lowest BCUT2D eigenvalue weighted by Crippen LogP contribution is -2.38. The van der Waals surface area contributed by atoms with E-state index in [9.17, 15) is 19.5 Å². The van der Waals surface area contributed by atoms with Crippen LogP contribution in [0.15, 0.2) is 35.7 Å². The number of amides is 2. The summed E-state index contributed by atoms with van der Waals surface area (Å²) in [6.45, 7) is 0. The van der Waals surface area contributed by atoms with Crippen LogP contribution in [-0.4, -0.2) is 27.8 Å². The predicted molar refractivity (Wildman–Crippen MR) is 76.1 cm³/mol. The fraction of sp³-hybridized carbons (Fsp3) is 0.0714. The van der Waals surface area contributed by atoms with Crippen molar-refractivity contribution in [3.05, 3.63) is 52.4 Å². The molecule has 1 aromatic carbocycles. The van der Waals surface area contributed by atoms with E-state index < -0.39 is 23.8 Å². The molecule has 1 aliphatic heterocycles. The van der Waals surface area contributed by atoms with E-state index in [1.165, 1.54) is 5.38 Å². The smallest absolute Gasteiger partial charge is 0.331 e. The van der Waals surface area contributed by atoms with Gasteiger partial charge in [-0.2, -0.15) is 0 Å². The van der Waals surface area contributed by atoms with Gasteiger partial charge in [0.1, 0.15) is 0 Å². The highest BCUT2D eigenvalue weighted by atomic mass is 32.1. The summed E-state index contributed by atoms with van der Waals surface area (Å²) < 4.78 is 0. The Morgan fingerprint density at radius 1 is 1.19 bits per heavy atom. The second-order valence-corrected chi connectivity index (χ2v) is 5.43. The molecule has 106 valence electrons. The molecule has 0 spiro atoms. The normalized spacial score (nSPS) is 15.1. The number of carbonyl (C=O) groups is 3. The number of aliphatic carboxylic acids is 1. The molecule has 0 aliphatic carbocycles. The molecule has 2 heterocycles. The number of anilines is 1. The van der Waals surface area contributed by atoms with Gasteiger partial charge in [-0.05, 0) is 5.56 Å². The first-order chi connectivity index (χ1) is 10.0. The van der Waals surface area contributed by atoms with Crippen LogP contribution >= 0.6 is 11.3 Å². The highest BCUT2D eigenvalue weighted by Crippen LogP contribution is 2.37. The van der Waals surface area contributed by atoms with Gasteiger partial charge in [-0.1, -0.05) is 30.3 Å². The summed E-state index contributed by atoms with van der Waals surface area (Å²) >= 11 is 1.09. The summed E-state index contributed by atoms with van der Waals surface area (Å²) in [5, 5.41) is 11.1. The molecule has 0 saturated carbocycles. The van der Waals surface area contributed by atoms with Crippen LogP contribution in [0, 0.1) is 0 Å². The van der Waals surface area contributed by atoms with Crippen molar-refractivity contribution in [2.45, 2.75) is 6.04 Å². The van der Waals surface area contributed by atoms with Crippen molar-refractivity contribution < 1.29 is 19.5 Å². The second-order valence-electron chi connectivity index (χ2n) is 4.52. The van der Waals surface area contributed by atoms with E-state index in [1.807, 2.05) is 0 Å². The van der Waals surface area contributed by atoms with E-state index in [1.54, 1.807) is 30.3 Å². The van der Waals surface area contributed by atoms with Crippen LogP contribution in [0.3, 0.4) is 0 Å². The Kier molecular flexibility index (Phi) is 2.99. The molecule has 3 rings (SSSR count). The molecule has 0 bridgehead atoms. The first-order valence-corrected chi connectivity index (χ1v) is 6.93.